The van der Waals surface area contributed by atoms with E-state index >= 15 is 0 Å². The number of oxazole rings is 1. The van der Waals surface area contributed by atoms with Gasteiger partial charge in [-0.25, -0.2) is 4.98 Å². The van der Waals surface area contributed by atoms with E-state index in [9.17, 15) is 4.79 Å². The van der Waals surface area contributed by atoms with Gasteiger partial charge in [0.15, 0.2) is 5.82 Å². The number of nitrogens with one attached hydrogen (secondary N) is 1. The Hall–Kier alpha value is -2.96. The molecular weight excluding hydrogens is 332 g/mol. The first-order valence-corrected chi connectivity index (χ1v) is 8.90. The van der Waals surface area contributed by atoms with Gasteiger partial charge in [-0.3, -0.25) is 4.79 Å². The van der Waals surface area contributed by atoms with Gasteiger partial charge in [-0.2, -0.15) is 4.98 Å². The molecule has 1 fully saturated rings. The lowest BCUT2D eigenvalue weighted by Crippen LogP contribution is -2.12. The summed E-state index contributed by atoms with van der Waals surface area (Å²) < 4.78 is 10.6. The summed E-state index contributed by atoms with van der Waals surface area (Å²) in [6, 6.07) is 7.38. The van der Waals surface area contributed by atoms with Crippen LogP contribution in [0, 0.1) is 0 Å². The van der Waals surface area contributed by atoms with E-state index in [0.29, 0.717) is 29.8 Å². The average Bonchev–Trinajstić information content (AvgIpc) is 3.42. The van der Waals surface area contributed by atoms with Crippen LogP contribution in [-0.2, 0) is 11.2 Å². The third-order valence-electron chi connectivity index (χ3n) is 4.60. The number of hydrogen-bond acceptors (Lipinski definition) is 6. The maximum absolute atomic E-state index is 12.2. The molecule has 2 aromatic heterocycles. The molecule has 0 atom stereocenters. The molecule has 134 valence electrons. The van der Waals surface area contributed by atoms with Crippen molar-refractivity contribution in [2.45, 2.75) is 44.4 Å². The molecule has 3 aromatic rings. The van der Waals surface area contributed by atoms with Crippen LogP contribution in [0.25, 0.3) is 11.5 Å². The quantitative estimate of drug-likeness (QED) is 0.722. The zero-order chi connectivity index (χ0) is 17.8. The van der Waals surface area contributed by atoms with Gasteiger partial charge in [0, 0.05) is 30.0 Å². The lowest BCUT2D eigenvalue weighted by atomic mass is 10.1. The molecule has 0 bridgehead atoms. The summed E-state index contributed by atoms with van der Waals surface area (Å²) in [7, 11) is 0. The molecule has 1 aliphatic carbocycles. The van der Waals surface area contributed by atoms with Crippen LogP contribution in [0.4, 0.5) is 5.69 Å². The Bertz CT molecular complexity index is 867. The second-order valence-corrected chi connectivity index (χ2v) is 6.49. The van der Waals surface area contributed by atoms with Gasteiger partial charge < -0.3 is 14.3 Å². The van der Waals surface area contributed by atoms with Gasteiger partial charge in [0.1, 0.15) is 6.26 Å². The molecule has 2 heterocycles. The molecule has 1 aromatic carbocycles. The van der Waals surface area contributed by atoms with Crippen LogP contribution in [0.15, 0.2) is 45.7 Å². The van der Waals surface area contributed by atoms with Crippen molar-refractivity contribution in [3.8, 4) is 11.5 Å². The van der Waals surface area contributed by atoms with E-state index in [-0.39, 0.29) is 12.3 Å². The van der Waals surface area contributed by atoms with E-state index in [1.165, 1.54) is 19.1 Å². The van der Waals surface area contributed by atoms with Crippen LogP contribution in [0.3, 0.4) is 0 Å². The summed E-state index contributed by atoms with van der Waals surface area (Å²) >= 11 is 0. The SMILES string of the molecule is O=C(CCc1nc(C2CCCC2)no1)Nc1cccc(-c2ncco2)c1. The summed E-state index contributed by atoms with van der Waals surface area (Å²) in [4.78, 5) is 20.8. The number of amides is 1. The highest BCUT2D eigenvalue weighted by Gasteiger charge is 2.22. The highest BCUT2D eigenvalue weighted by atomic mass is 16.5. The first kappa shape index (κ1) is 16.5. The summed E-state index contributed by atoms with van der Waals surface area (Å²) in [5.74, 6) is 2.15. The number of carbonyl (C=O) groups excluding carboxylic acids is 1. The van der Waals surface area contributed by atoms with Crippen molar-refractivity contribution < 1.29 is 13.7 Å². The summed E-state index contributed by atoms with van der Waals surface area (Å²) in [5.41, 5.74) is 1.51. The Morgan fingerprint density at radius 3 is 2.96 bits per heavy atom. The molecule has 7 nitrogen and oxygen atoms in total. The molecule has 7 heteroatoms. The van der Waals surface area contributed by atoms with Crippen molar-refractivity contribution in [2.24, 2.45) is 0 Å². The molecule has 0 aliphatic heterocycles. The van der Waals surface area contributed by atoms with Crippen molar-refractivity contribution in [3.05, 3.63) is 48.4 Å². The van der Waals surface area contributed by atoms with Gasteiger partial charge in [-0.05, 0) is 31.0 Å². The van der Waals surface area contributed by atoms with E-state index in [1.54, 1.807) is 6.20 Å². The van der Waals surface area contributed by atoms with Gasteiger partial charge >= 0.3 is 0 Å². The summed E-state index contributed by atoms with van der Waals surface area (Å²) in [6.07, 6.45) is 8.53. The Labute approximate surface area is 150 Å². The number of benzene rings is 1. The van der Waals surface area contributed by atoms with Gasteiger partial charge in [-0.1, -0.05) is 24.1 Å². The number of aryl methyl sites for hydroxylation is 1. The fourth-order valence-electron chi connectivity index (χ4n) is 3.26. The topological polar surface area (TPSA) is 94.0 Å². The Balaban J connectivity index is 1.32. The van der Waals surface area contributed by atoms with E-state index < -0.39 is 0 Å². The third-order valence-corrected chi connectivity index (χ3v) is 4.60. The number of nitrogens with zero attached hydrogens (tertiary/aromatic N) is 3. The lowest BCUT2D eigenvalue weighted by Gasteiger charge is -2.05. The zero-order valence-corrected chi connectivity index (χ0v) is 14.4. The predicted molar refractivity (Wildman–Crippen MR) is 94.4 cm³/mol. The van der Waals surface area contributed by atoms with Crippen LogP contribution in [0.2, 0.25) is 0 Å². The molecule has 1 N–H and O–H groups in total. The minimum Gasteiger partial charge on any atom is -0.445 e. The zero-order valence-electron chi connectivity index (χ0n) is 14.4. The van der Waals surface area contributed by atoms with Gasteiger partial charge in [0.2, 0.25) is 17.7 Å². The Morgan fingerprint density at radius 2 is 2.15 bits per heavy atom. The molecule has 1 aliphatic rings. The fourth-order valence-corrected chi connectivity index (χ4v) is 3.26. The average molecular weight is 352 g/mol. The van der Waals surface area contributed by atoms with E-state index in [4.69, 9.17) is 8.94 Å². The molecule has 0 unspecified atom stereocenters. The number of aromatic nitrogens is 3. The second kappa shape index (κ2) is 7.51. The first-order chi connectivity index (χ1) is 12.8. The van der Waals surface area contributed by atoms with E-state index in [2.05, 4.69) is 20.4 Å². The first-order valence-electron chi connectivity index (χ1n) is 8.90. The molecular formula is C19H20N4O3. The van der Waals surface area contributed by atoms with Crippen LogP contribution < -0.4 is 5.32 Å². The van der Waals surface area contributed by atoms with Crippen LogP contribution in [0.5, 0.6) is 0 Å². The maximum Gasteiger partial charge on any atom is 0.227 e. The third kappa shape index (κ3) is 3.82. The highest BCUT2D eigenvalue weighted by molar-refractivity contribution is 5.91. The van der Waals surface area contributed by atoms with E-state index in [0.717, 1.165) is 24.2 Å². The Morgan fingerprint density at radius 1 is 1.27 bits per heavy atom. The largest absolute Gasteiger partial charge is 0.445 e. The second-order valence-electron chi connectivity index (χ2n) is 6.49. The molecule has 0 saturated heterocycles. The van der Waals surface area contributed by atoms with Crippen molar-refractivity contribution in [1.82, 2.24) is 15.1 Å². The molecule has 0 spiro atoms. The molecule has 26 heavy (non-hydrogen) atoms. The van der Waals surface area contributed by atoms with Crippen molar-refractivity contribution >= 4 is 11.6 Å². The van der Waals surface area contributed by atoms with Crippen LogP contribution >= 0.6 is 0 Å². The minimum absolute atomic E-state index is 0.102. The number of carbonyl (C=O) groups is 1. The number of anilines is 1. The molecule has 4 rings (SSSR count). The normalized spacial score (nSPS) is 14.6. The Kier molecular flexibility index (Phi) is 4.77. The smallest absolute Gasteiger partial charge is 0.227 e. The number of rotatable bonds is 6. The molecule has 1 saturated carbocycles. The van der Waals surface area contributed by atoms with Crippen LogP contribution in [-0.4, -0.2) is 21.0 Å². The van der Waals surface area contributed by atoms with Gasteiger partial charge in [0.05, 0.1) is 6.20 Å². The van der Waals surface area contributed by atoms with Gasteiger partial charge in [-0.15, -0.1) is 0 Å². The predicted octanol–water partition coefficient (Wildman–Crippen LogP) is 3.95. The van der Waals surface area contributed by atoms with Crippen LogP contribution in [0.1, 0.15) is 49.7 Å². The molecule has 1 amide bonds. The van der Waals surface area contributed by atoms with Crippen molar-refractivity contribution in [2.75, 3.05) is 5.32 Å². The standard InChI is InChI=1S/C19H20N4O3/c24-16(8-9-17-22-18(23-26-17)13-4-1-2-5-13)21-15-7-3-6-14(12-15)19-20-10-11-25-19/h3,6-7,10-13H,1-2,4-5,8-9H2,(H,21,24). The minimum atomic E-state index is -0.102. The summed E-state index contributed by atoms with van der Waals surface area (Å²) in [5, 5.41) is 6.94. The van der Waals surface area contributed by atoms with Crippen molar-refractivity contribution in [1.29, 1.82) is 0 Å². The maximum atomic E-state index is 12.2. The van der Waals surface area contributed by atoms with Gasteiger partial charge in [0.25, 0.3) is 0 Å². The highest BCUT2D eigenvalue weighted by Crippen LogP contribution is 2.32. The summed E-state index contributed by atoms with van der Waals surface area (Å²) in [6.45, 7) is 0. The number of hydrogen-bond donors (Lipinski definition) is 1. The van der Waals surface area contributed by atoms with Crippen molar-refractivity contribution in [3.63, 3.8) is 0 Å². The molecule has 0 radical (unpaired) electrons. The monoisotopic (exact) mass is 352 g/mol. The fraction of sp³-hybridized carbons (Fsp3) is 0.368. The van der Waals surface area contributed by atoms with E-state index in [1.807, 2.05) is 24.3 Å². The lowest BCUT2D eigenvalue weighted by molar-refractivity contribution is -0.116.